The van der Waals surface area contributed by atoms with Crippen LogP contribution < -0.4 is 5.32 Å². The molecule has 0 aliphatic heterocycles. The summed E-state index contributed by atoms with van der Waals surface area (Å²) in [6, 6.07) is 7.73. The van der Waals surface area contributed by atoms with E-state index >= 15 is 0 Å². The first-order valence-electron chi connectivity index (χ1n) is 8.58. The van der Waals surface area contributed by atoms with E-state index in [0.29, 0.717) is 13.1 Å². The van der Waals surface area contributed by atoms with Gasteiger partial charge in [0.25, 0.3) is 0 Å². The number of carbonyl (C=O) groups excluding carboxylic acids is 1. The first-order valence-corrected chi connectivity index (χ1v) is 9.84. The van der Waals surface area contributed by atoms with Gasteiger partial charge in [0.05, 0.1) is 18.8 Å². The van der Waals surface area contributed by atoms with Crippen molar-refractivity contribution in [3.63, 3.8) is 0 Å². The van der Waals surface area contributed by atoms with E-state index in [1.807, 2.05) is 61.2 Å². The number of halogens is 1. The van der Waals surface area contributed by atoms with Gasteiger partial charge in [-0.2, -0.15) is 5.10 Å². The van der Waals surface area contributed by atoms with Gasteiger partial charge in [0.2, 0.25) is 5.91 Å². The molecule has 1 amide bonds. The van der Waals surface area contributed by atoms with Gasteiger partial charge in [0, 0.05) is 33.4 Å². The first-order chi connectivity index (χ1) is 12.9. The molecule has 0 unspecified atom stereocenters. The minimum Gasteiger partial charge on any atom is -0.346 e. The van der Waals surface area contributed by atoms with Crippen molar-refractivity contribution in [2.24, 2.45) is 0 Å². The van der Waals surface area contributed by atoms with Crippen LogP contribution in [0, 0.1) is 20.8 Å². The summed E-state index contributed by atoms with van der Waals surface area (Å²) in [5, 5.41) is 11.0. The van der Waals surface area contributed by atoms with E-state index in [2.05, 4.69) is 15.4 Å². The number of nitrogens with one attached hydrogen (secondary N) is 1. The lowest BCUT2D eigenvalue weighted by atomic mass is 10.1. The van der Waals surface area contributed by atoms with E-state index < -0.39 is 0 Å². The lowest BCUT2D eigenvalue weighted by Crippen LogP contribution is -2.20. The van der Waals surface area contributed by atoms with Crippen LogP contribution in [0.3, 0.4) is 0 Å². The topological polar surface area (TPSA) is 59.8 Å². The van der Waals surface area contributed by atoms with Gasteiger partial charge in [0.1, 0.15) is 5.01 Å². The second-order valence-electron chi connectivity index (χ2n) is 6.27. The lowest BCUT2D eigenvalue weighted by Gasteiger charge is -2.06. The van der Waals surface area contributed by atoms with Crippen LogP contribution in [-0.2, 0) is 17.9 Å². The van der Waals surface area contributed by atoms with E-state index in [0.717, 1.165) is 38.2 Å². The highest BCUT2D eigenvalue weighted by Crippen LogP contribution is 2.20. The molecule has 3 rings (SSSR count). The summed E-state index contributed by atoms with van der Waals surface area (Å²) < 4.78 is 1.91. The third-order valence-electron chi connectivity index (χ3n) is 4.20. The van der Waals surface area contributed by atoms with Crippen LogP contribution in [0.25, 0.3) is 6.08 Å². The van der Waals surface area contributed by atoms with Crippen LogP contribution in [-0.4, -0.2) is 20.7 Å². The van der Waals surface area contributed by atoms with Gasteiger partial charge in [-0.1, -0.05) is 29.8 Å². The molecule has 0 fully saturated rings. The number of aromatic nitrogens is 3. The van der Waals surface area contributed by atoms with Gasteiger partial charge in [-0.25, -0.2) is 4.98 Å². The maximum absolute atomic E-state index is 12.1. The number of hydrogen-bond donors (Lipinski definition) is 1. The number of nitrogens with zero attached hydrogens (tertiary/aromatic N) is 3. The third-order valence-corrected chi connectivity index (χ3v) is 5.53. The van der Waals surface area contributed by atoms with Crippen molar-refractivity contribution in [2.75, 3.05) is 0 Å². The lowest BCUT2D eigenvalue weighted by molar-refractivity contribution is -0.116. The zero-order valence-corrected chi connectivity index (χ0v) is 17.1. The summed E-state index contributed by atoms with van der Waals surface area (Å²) in [4.78, 5) is 16.4. The second kappa shape index (κ2) is 8.50. The smallest absolute Gasteiger partial charge is 0.244 e. The molecule has 0 spiro atoms. The van der Waals surface area contributed by atoms with Crippen LogP contribution in [0.15, 0.2) is 35.7 Å². The predicted octanol–water partition coefficient (Wildman–Crippen LogP) is 4.30. The zero-order valence-electron chi connectivity index (χ0n) is 15.5. The fourth-order valence-electron chi connectivity index (χ4n) is 2.76. The Hall–Kier alpha value is -2.44. The van der Waals surface area contributed by atoms with Gasteiger partial charge in [-0.05, 0) is 38.5 Å². The monoisotopic (exact) mass is 400 g/mol. The average molecular weight is 401 g/mol. The summed E-state index contributed by atoms with van der Waals surface area (Å²) in [5.41, 5.74) is 4.79. The fourth-order valence-corrected chi connectivity index (χ4v) is 3.67. The van der Waals surface area contributed by atoms with E-state index in [1.165, 1.54) is 6.08 Å². The molecule has 2 aromatic heterocycles. The summed E-state index contributed by atoms with van der Waals surface area (Å²) >= 11 is 7.79. The highest BCUT2D eigenvalue weighted by Gasteiger charge is 2.11. The molecule has 0 aliphatic rings. The largest absolute Gasteiger partial charge is 0.346 e. The number of amides is 1. The molecule has 5 nitrogen and oxygen atoms in total. The van der Waals surface area contributed by atoms with Crippen molar-refractivity contribution < 1.29 is 4.79 Å². The highest BCUT2D eigenvalue weighted by molar-refractivity contribution is 7.09. The van der Waals surface area contributed by atoms with E-state index in [4.69, 9.17) is 11.6 Å². The van der Waals surface area contributed by atoms with Gasteiger partial charge >= 0.3 is 0 Å². The molecule has 0 aliphatic carbocycles. The van der Waals surface area contributed by atoms with Crippen molar-refractivity contribution >= 4 is 34.9 Å². The molecule has 7 heteroatoms. The second-order valence-corrected chi connectivity index (χ2v) is 7.62. The van der Waals surface area contributed by atoms with Gasteiger partial charge < -0.3 is 5.32 Å². The molecule has 0 saturated carbocycles. The summed E-state index contributed by atoms with van der Waals surface area (Å²) in [7, 11) is 0. The number of thiazole rings is 1. The molecule has 27 heavy (non-hydrogen) atoms. The maximum Gasteiger partial charge on any atom is 0.244 e. The normalized spacial score (nSPS) is 11.3. The number of hydrogen-bond acceptors (Lipinski definition) is 4. The molecule has 0 atom stereocenters. The van der Waals surface area contributed by atoms with Crippen LogP contribution in [0.1, 0.15) is 33.2 Å². The van der Waals surface area contributed by atoms with E-state index in [1.54, 1.807) is 11.3 Å². The van der Waals surface area contributed by atoms with Crippen molar-refractivity contribution in [3.05, 3.63) is 74.0 Å². The molecule has 0 radical (unpaired) electrons. The van der Waals surface area contributed by atoms with Crippen molar-refractivity contribution in [3.8, 4) is 0 Å². The predicted molar refractivity (Wildman–Crippen MR) is 110 cm³/mol. The van der Waals surface area contributed by atoms with Crippen LogP contribution >= 0.6 is 22.9 Å². The Balaban J connectivity index is 1.67. The van der Waals surface area contributed by atoms with Crippen LogP contribution in [0.4, 0.5) is 0 Å². The first kappa shape index (κ1) is 19.3. The Labute approximate surface area is 167 Å². The standard InChI is InChI=1S/C20H21ClN4OS/c1-13-12-27-20(23-13)10-22-19(26)9-8-17-14(2)24-25(15(17)3)11-16-6-4-5-7-18(16)21/h4-9,12H,10-11H2,1-3H3,(H,22,26)/b9-8+. The van der Waals surface area contributed by atoms with E-state index in [-0.39, 0.29) is 5.91 Å². The molecule has 0 bridgehead atoms. The Morgan fingerprint density at radius 1 is 1.30 bits per heavy atom. The molecule has 1 N–H and O–H groups in total. The van der Waals surface area contributed by atoms with Crippen LogP contribution in [0.2, 0.25) is 5.02 Å². The highest BCUT2D eigenvalue weighted by atomic mass is 35.5. The van der Waals surface area contributed by atoms with Crippen LogP contribution in [0.5, 0.6) is 0 Å². The zero-order chi connectivity index (χ0) is 19.4. The fraction of sp³-hybridized carbons (Fsp3) is 0.250. The van der Waals surface area contributed by atoms with E-state index in [9.17, 15) is 4.79 Å². The molecule has 3 aromatic rings. The minimum absolute atomic E-state index is 0.152. The number of rotatable bonds is 6. The number of aryl methyl sites for hydroxylation is 2. The molecule has 0 saturated heterocycles. The van der Waals surface area contributed by atoms with Crippen molar-refractivity contribution in [1.82, 2.24) is 20.1 Å². The summed E-state index contributed by atoms with van der Waals surface area (Å²) in [5.74, 6) is -0.152. The average Bonchev–Trinajstić information content (AvgIpc) is 3.17. The quantitative estimate of drug-likeness (QED) is 0.627. The molecule has 140 valence electrons. The number of benzene rings is 1. The molecule has 1 aromatic carbocycles. The molecular weight excluding hydrogens is 380 g/mol. The SMILES string of the molecule is Cc1csc(CNC(=O)/C=C/c2c(C)nn(Cc3ccccc3Cl)c2C)n1. The van der Waals surface area contributed by atoms with Gasteiger partial charge in [-0.15, -0.1) is 11.3 Å². The maximum atomic E-state index is 12.1. The van der Waals surface area contributed by atoms with Crippen molar-refractivity contribution in [2.45, 2.75) is 33.9 Å². The number of carbonyl (C=O) groups is 1. The Bertz CT molecular complexity index is 990. The summed E-state index contributed by atoms with van der Waals surface area (Å²) in [6.07, 6.45) is 3.35. The van der Waals surface area contributed by atoms with Gasteiger partial charge in [0.15, 0.2) is 0 Å². The Morgan fingerprint density at radius 2 is 2.07 bits per heavy atom. The minimum atomic E-state index is -0.152. The molecular formula is C20H21ClN4OS. The third kappa shape index (κ3) is 4.84. The van der Waals surface area contributed by atoms with Gasteiger partial charge in [-0.3, -0.25) is 9.48 Å². The Morgan fingerprint density at radius 3 is 2.78 bits per heavy atom. The summed E-state index contributed by atoms with van der Waals surface area (Å²) in [6.45, 7) is 6.90. The Kier molecular flexibility index (Phi) is 6.08. The van der Waals surface area contributed by atoms with Crippen molar-refractivity contribution in [1.29, 1.82) is 0 Å². The molecule has 2 heterocycles.